The Morgan fingerprint density at radius 1 is 1.30 bits per heavy atom. The normalized spacial score (nSPS) is 46.4. The fraction of sp³-hybridized carbons (Fsp3) is 0.778. The molecule has 1 saturated heterocycles. The summed E-state index contributed by atoms with van der Waals surface area (Å²) in [6.45, 7) is 2.33. The Morgan fingerprint density at radius 3 is 2.40 bits per heavy atom. The smallest absolute Gasteiger partial charge is 0.0278 e. The first-order chi connectivity index (χ1) is 4.79. The van der Waals surface area contributed by atoms with Crippen molar-refractivity contribution in [2.24, 2.45) is 5.92 Å². The number of likely N-dealkylation sites (N-methyl/N-ethyl adjacent to an activating group) is 1. The molecule has 3 atom stereocenters. The maximum absolute atomic E-state index is 2.49. The minimum Gasteiger partial charge on any atom is -0.297 e. The fourth-order valence-electron chi connectivity index (χ4n) is 2.17. The summed E-state index contributed by atoms with van der Waals surface area (Å²) in [5.74, 6) is 0.843. The molecular formula is C9H15N. The molecule has 1 aliphatic carbocycles. The molecule has 3 rings (SSSR count). The van der Waals surface area contributed by atoms with E-state index < -0.39 is 0 Å². The second kappa shape index (κ2) is 2.09. The van der Waals surface area contributed by atoms with E-state index in [1.807, 2.05) is 0 Å². The summed E-state index contributed by atoms with van der Waals surface area (Å²) in [6, 6.07) is 1.53. The van der Waals surface area contributed by atoms with E-state index in [1.165, 1.54) is 12.8 Å². The van der Waals surface area contributed by atoms with Crippen LogP contribution in [0.3, 0.4) is 0 Å². The lowest BCUT2D eigenvalue weighted by molar-refractivity contribution is 0.105. The van der Waals surface area contributed by atoms with Gasteiger partial charge in [-0.15, -0.1) is 0 Å². The van der Waals surface area contributed by atoms with E-state index in [2.05, 4.69) is 31.0 Å². The minimum absolute atomic E-state index is 0.750. The van der Waals surface area contributed by atoms with Crippen LogP contribution < -0.4 is 0 Å². The number of fused-ring (bicyclic) bond motifs is 2. The van der Waals surface area contributed by atoms with Gasteiger partial charge in [0.2, 0.25) is 0 Å². The number of piperidine rings is 1. The lowest BCUT2D eigenvalue weighted by atomic mass is 9.81. The molecule has 0 spiro atoms. The monoisotopic (exact) mass is 137 g/mol. The molecule has 56 valence electrons. The van der Waals surface area contributed by atoms with Crippen LogP contribution in [0.2, 0.25) is 0 Å². The Morgan fingerprint density at radius 2 is 2.10 bits per heavy atom. The van der Waals surface area contributed by atoms with E-state index in [0.717, 1.165) is 18.0 Å². The molecule has 2 heterocycles. The van der Waals surface area contributed by atoms with Gasteiger partial charge in [-0.3, -0.25) is 4.90 Å². The molecule has 3 aliphatic rings. The van der Waals surface area contributed by atoms with Gasteiger partial charge in [-0.1, -0.05) is 12.2 Å². The third kappa shape index (κ3) is 0.734. The molecule has 0 radical (unpaired) electrons. The molecule has 1 fully saturated rings. The van der Waals surface area contributed by atoms with Crippen LogP contribution in [0.25, 0.3) is 0 Å². The van der Waals surface area contributed by atoms with Crippen molar-refractivity contribution in [2.45, 2.75) is 31.8 Å². The van der Waals surface area contributed by atoms with E-state index in [0.29, 0.717) is 0 Å². The molecule has 0 aromatic heterocycles. The Balaban J connectivity index is 2.25. The lowest BCUT2D eigenvalue weighted by Crippen LogP contribution is -2.48. The summed E-state index contributed by atoms with van der Waals surface area (Å²) < 4.78 is 0. The topological polar surface area (TPSA) is 3.24 Å². The van der Waals surface area contributed by atoms with E-state index in [1.54, 1.807) is 0 Å². The molecule has 0 N–H and O–H groups in total. The first-order valence-corrected chi connectivity index (χ1v) is 4.19. The third-order valence-electron chi connectivity index (χ3n) is 3.16. The molecule has 1 unspecified atom stereocenters. The van der Waals surface area contributed by atoms with Crippen LogP contribution >= 0.6 is 0 Å². The summed E-state index contributed by atoms with van der Waals surface area (Å²) >= 11 is 0. The van der Waals surface area contributed by atoms with Crippen molar-refractivity contribution in [3.05, 3.63) is 12.2 Å². The Kier molecular flexibility index (Phi) is 1.34. The van der Waals surface area contributed by atoms with Gasteiger partial charge in [-0.05, 0) is 32.7 Å². The summed E-state index contributed by atoms with van der Waals surface area (Å²) in [5.41, 5.74) is 0. The molecule has 1 nitrogen and oxygen atoms in total. The maximum atomic E-state index is 2.49. The van der Waals surface area contributed by atoms with Gasteiger partial charge in [0.15, 0.2) is 0 Å². The van der Waals surface area contributed by atoms with Crippen molar-refractivity contribution in [1.29, 1.82) is 0 Å². The molecule has 1 heteroatoms. The molecule has 0 aromatic rings. The second-order valence-corrected chi connectivity index (χ2v) is 3.60. The average Bonchev–Trinajstić information content (AvgIpc) is 2.00. The summed E-state index contributed by atoms with van der Waals surface area (Å²) in [6.07, 6.45) is 7.56. The summed E-state index contributed by atoms with van der Waals surface area (Å²) in [7, 11) is 2.24. The zero-order chi connectivity index (χ0) is 7.14. The quantitative estimate of drug-likeness (QED) is 0.459. The largest absolute Gasteiger partial charge is 0.297 e. The van der Waals surface area contributed by atoms with Crippen molar-refractivity contribution in [3.63, 3.8) is 0 Å². The zero-order valence-corrected chi connectivity index (χ0v) is 6.75. The predicted octanol–water partition coefficient (Wildman–Crippen LogP) is 1.66. The Bertz CT molecular complexity index is 144. The molecular weight excluding hydrogens is 122 g/mol. The van der Waals surface area contributed by atoms with Crippen LogP contribution in [0.15, 0.2) is 12.2 Å². The number of hydrogen-bond acceptors (Lipinski definition) is 1. The molecule has 0 aromatic carbocycles. The first-order valence-electron chi connectivity index (χ1n) is 4.19. The van der Waals surface area contributed by atoms with Crippen LogP contribution in [0, 0.1) is 5.92 Å². The third-order valence-corrected chi connectivity index (χ3v) is 3.16. The number of hydrogen-bond donors (Lipinski definition) is 0. The highest BCUT2D eigenvalue weighted by molar-refractivity contribution is 5.10. The van der Waals surface area contributed by atoms with Gasteiger partial charge >= 0.3 is 0 Å². The van der Waals surface area contributed by atoms with Gasteiger partial charge in [0, 0.05) is 12.1 Å². The fourth-order valence-corrected chi connectivity index (χ4v) is 2.17. The highest BCUT2D eigenvalue weighted by Gasteiger charge is 2.32. The molecule has 0 amide bonds. The Hall–Kier alpha value is -0.300. The minimum atomic E-state index is 0.750. The van der Waals surface area contributed by atoms with Crippen LogP contribution in [0.5, 0.6) is 0 Å². The molecule has 10 heavy (non-hydrogen) atoms. The van der Waals surface area contributed by atoms with Gasteiger partial charge in [0.05, 0.1) is 0 Å². The van der Waals surface area contributed by atoms with E-state index >= 15 is 0 Å². The first kappa shape index (κ1) is 6.41. The van der Waals surface area contributed by atoms with E-state index in [4.69, 9.17) is 0 Å². The SMILES string of the molecule is CC1[C@H]2C=C[C@H](CC2)N1C. The van der Waals surface area contributed by atoms with Crippen LogP contribution in [-0.2, 0) is 0 Å². The standard InChI is InChI=1S/C9H15N/c1-7-8-3-5-9(6-4-8)10(7)2/h3,5,7-9H,4,6H2,1-2H3/t7?,8-,9+/m0/s1. The molecule has 2 aliphatic heterocycles. The van der Waals surface area contributed by atoms with Gasteiger partial charge < -0.3 is 0 Å². The van der Waals surface area contributed by atoms with E-state index in [9.17, 15) is 0 Å². The lowest BCUT2D eigenvalue weighted by Gasteiger charge is -2.44. The maximum Gasteiger partial charge on any atom is 0.0278 e. The molecule has 2 bridgehead atoms. The van der Waals surface area contributed by atoms with Gasteiger partial charge in [0.1, 0.15) is 0 Å². The summed E-state index contributed by atoms with van der Waals surface area (Å²) in [4.78, 5) is 2.49. The van der Waals surface area contributed by atoms with Gasteiger partial charge in [0.25, 0.3) is 0 Å². The number of rotatable bonds is 0. The van der Waals surface area contributed by atoms with Crippen LogP contribution in [0.1, 0.15) is 19.8 Å². The average molecular weight is 137 g/mol. The predicted molar refractivity (Wildman–Crippen MR) is 42.9 cm³/mol. The highest BCUT2D eigenvalue weighted by Crippen LogP contribution is 2.32. The van der Waals surface area contributed by atoms with Gasteiger partial charge in [-0.2, -0.15) is 0 Å². The van der Waals surface area contributed by atoms with Crippen LogP contribution in [-0.4, -0.2) is 24.0 Å². The number of nitrogens with zero attached hydrogens (tertiary/aromatic N) is 1. The molecule has 0 saturated carbocycles. The Labute approximate surface area is 62.7 Å². The van der Waals surface area contributed by atoms with Crippen molar-refractivity contribution >= 4 is 0 Å². The van der Waals surface area contributed by atoms with Crippen molar-refractivity contribution < 1.29 is 0 Å². The van der Waals surface area contributed by atoms with E-state index in [-0.39, 0.29) is 0 Å². The zero-order valence-electron chi connectivity index (χ0n) is 6.75. The second-order valence-electron chi connectivity index (χ2n) is 3.60. The van der Waals surface area contributed by atoms with Crippen LogP contribution in [0.4, 0.5) is 0 Å². The van der Waals surface area contributed by atoms with Crippen molar-refractivity contribution in [2.75, 3.05) is 7.05 Å². The van der Waals surface area contributed by atoms with Crippen molar-refractivity contribution in [1.82, 2.24) is 4.90 Å². The highest BCUT2D eigenvalue weighted by atomic mass is 15.2. The van der Waals surface area contributed by atoms with Gasteiger partial charge in [-0.25, -0.2) is 0 Å². The van der Waals surface area contributed by atoms with Crippen molar-refractivity contribution in [3.8, 4) is 0 Å². The summed E-state index contributed by atoms with van der Waals surface area (Å²) in [5, 5.41) is 0.